The Labute approximate surface area is 116 Å². The Balaban J connectivity index is 2.24. The highest BCUT2D eigenvalue weighted by Crippen LogP contribution is 2.36. The maximum absolute atomic E-state index is 12.1. The topological polar surface area (TPSA) is 83.8 Å². The molecule has 2 rings (SSSR count). The number of rotatable bonds is 2. The van der Waals surface area contributed by atoms with Crippen molar-refractivity contribution in [3.63, 3.8) is 0 Å². The van der Waals surface area contributed by atoms with Gasteiger partial charge in [0.15, 0.2) is 0 Å². The van der Waals surface area contributed by atoms with E-state index in [1.807, 2.05) is 0 Å². The van der Waals surface area contributed by atoms with Crippen molar-refractivity contribution in [1.82, 2.24) is 5.06 Å². The van der Waals surface area contributed by atoms with Gasteiger partial charge in [0.05, 0.1) is 0 Å². The third kappa shape index (κ3) is 2.03. The van der Waals surface area contributed by atoms with Crippen LogP contribution in [0.3, 0.4) is 0 Å². The second kappa shape index (κ2) is 4.22. The molecule has 7 heteroatoms. The van der Waals surface area contributed by atoms with E-state index in [1.54, 1.807) is 27.7 Å². The summed E-state index contributed by atoms with van der Waals surface area (Å²) in [5.41, 5.74) is -1.78. The van der Waals surface area contributed by atoms with Crippen molar-refractivity contribution in [3.8, 4) is 0 Å². The summed E-state index contributed by atoms with van der Waals surface area (Å²) in [6.45, 7) is 6.54. The molecule has 0 unspecified atom stereocenters. The van der Waals surface area contributed by atoms with Gasteiger partial charge >= 0.3 is 5.97 Å². The predicted octanol–water partition coefficient (Wildman–Crippen LogP) is 0.870. The monoisotopic (exact) mass is 281 g/mol. The summed E-state index contributed by atoms with van der Waals surface area (Å²) < 4.78 is 0.796. The van der Waals surface area contributed by atoms with Crippen LogP contribution < -0.4 is 0 Å². The fraction of sp³-hybridized carbons (Fsp3) is 0.615. The maximum atomic E-state index is 12.1. The van der Waals surface area contributed by atoms with Gasteiger partial charge in [-0.05, 0) is 0 Å². The third-order valence-corrected chi connectivity index (χ3v) is 3.59. The molecule has 0 aliphatic carbocycles. The minimum atomic E-state index is -1.08. The van der Waals surface area contributed by atoms with Crippen LogP contribution in [0.15, 0.2) is 11.6 Å². The van der Waals surface area contributed by atoms with Crippen molar-refractivity contribution >= 4 is 17.8 Å². The molecule has 2 aliphatic rings. The minimum Gasteiger partial charge on any atom is -0.325 e. The van der Waals surface area contributed by atoms with Crippen LogP contribution in [0.4, 0.5) is 0 Å². The Bertz CT molecular complexity index is 543. The third-order valence-electron chi connectivity index (χ3n) is 3.59. The number of amides is 2. The van der Waals surface area contributed by atoms with Gasteiger partial charge in [-0.3, -0.25) is 9.59 Å². The lowest BCUT2D eigenvalue weighted by molar-refractivity contribution is -0.651. The van der Waals surface area contributed by atoms with Gasteiger partial charge in [0, 0.05) is 56.3 Å². The number of nitrogens with zero attached hydrogens (tertiary/aromatic N) is 2. The maximum Gasteiger partial charge on any atom is 0.366 e. The molecule has 20 heavy (non-hydrogen) atoms. The zero-order chi connectivity index (χ0) is 15.3. The van der Waals surface area contributed by atoms with E-state index in [1.165, 1.54) is 6.08 Å². The number of hydrogen-bond donors (Lipinski definition) is 0. The molecule has 2 amide bonds. The average Bonchev–Trinajstić information content (AvgIpc) is 2.73. The number of hydrogen-bond acceptors (Lipinski definition) is 5. The van der Waals surface area contributed by atoms with Gasteiger partial charge in [0.1, 0.15) is 5.57 Å². The molecular weight excluding hydrogens is 264 g/mol. The van der Waals surface area contributed by atoms with E-state index in [0.717, 1.165) is 4.76 Å². The predicted molar refractivity (Wildman–Crippen MR) is 67.0 cm³/mol. The summed E-state index contributed by atoms with van der Waals surface area (Å²) in [7, 11) is 0. The van der Waals surface area contributed by atoms with Crippen LogP contribution in [0.2, 0.25) is 0 Å². The number of carbonyl (C=O) groups excluding carboxylic acids is 3. The van der Waals surface area contributed by atoms with E-state index in [2.05, 4.69) is 0 Å². The Hall–Kier alpha value is -2.05. The average molecular weight is 281 g/mol. The van der Waals surface area contributed by atoms with Crippen molar-refractivity contribution in [3.05, 3.63) is 16.6 Å². The lowest BCUT2D eigenvalue weighted by atomic mass is 9.97. The number of carbonyl (C=O) groups is 3. The van der Waals surface area contributed by atoms with Gasteiger partial charge in [0.25, 0.3) is 11.8 Å². The molecule has 7 nitrogen and oxygen atoms in total. The molecule has 0 saturated carbocycles. The van der Waals surface area contributed by atoms with Crippen molar-refractivity contribution in [2.24, 2.45) is 0 Å². The Morgan fingerprint density at radius 2 is 1.70 bits per heavy atom. The smallest absolute Gasteiger partial charge is 0.325 e. The van der Waals surface area contributed by atoms with E-state index in [0.29, 0.717) is 5.06 Å². The zero-order valence-electron chi connectivity index (χ0n) is 11.9. The molecule has 0 spiro atoms. The second-order valence-corrected chi connectivity index (χ2v) is 6.03. The molecule has 0 bridgehead atoms. The summed E-state index contributed by atoms with van der Waals surface area (Å²) in [6.07, 6.45) is 1.58. The molecule has 1 saturated heterocycles. The van der Waals surface area contributed by atoms with Crippen molar-refractivity contribution < 1.29 is 24.0 Å². The molecular formula is C13H17N2O5+. The minimum absolute atomic E-state index is 0.0354. The van der Waals surface area contributed by atoms with E-state index in [-0.39, 0.29) is 18.4 Å². The summed E-state index contributed by atoms with van der Waals surface area (Å²) in [4.78, 5) is 52.0. The quantitative estimate of drug-likeness (QED) is 0.554. The largest absolute Gasteiger partial charge is 0.366 e. The first-order chi connectivity index (χ1) is 9.07. The highest BCUT2D eigenvalue weighted by Gasteiger charge is 2.58. The summed E-state index contributed by atoms with van der Waals surface area (Å²) in [5.74, 6) is -1.93. The van der Waals surface area contributed by atoms with Crippen molar-refractivity contribution in [1.29, 1.82) is 0 Å². The Morgan fingerprint density at radius 3 is 2.10 bits per heavy atom. The summed E-state index contributed by atoms with van der Waals surface area (Å²) in [5, 5.41) is 0.486. The first-order valence-corrected chi connectivity index (χ1v) is 6.36. The van der Waals surface area contributed by atoms with E-state index in [4.69, 9.17) is 4.84 Å². The van der Waals surface area contributed by atoms with Crippen LogP contribution in [0.25, 0.3) is 0 Å². The Kier molecular flexibility index (Phi) is 3.03. The molecule has 0 atom stereocenters. The van der Waals surface area contributed by atoms with Gasteiger partial charge < -0.3 is 4.84 Å². The van der Waals surface area contributed by atoms with Gasteiger partial charge in [-0.2, -0.15) is 0 Å². The second-order valence-electron chi connectivity index (χ2n) is 6.03. The van der Waals surface area contributed by atoms with Gasteiger partial charge in [-0.1, -0.05) is 0 Å². The van der Waals surface area contributed by atoms with Gasteiger partial charge in [-0.25, -0.2) is 4.79 Å². The van der Waals surface area contributed by atoms with E-state index >= 15 is 0 Å². The summed E-state index contributed by atoms with van der Waals surface area (Å²) >= 11 is 0. The number of nitroso groups, excluding NO2 is 1. The fourth-order valence-corrected chi connectivity index (χ4v) is 2.52. The normalized spacial score (nSPS) is 24.1. The molecule has 0 aromatic heterocycles. The molecule has 0 N–H and O–H groups in total. The number of imide groups is 1. The highest BCUT2D eigenvalue weighted by molar-refractivity contribution is 6.03. The molecule has 2 heterocycles. The van der Waals surface area contributed by atoms with Crippen LogP contribution in [0.1, 0.15) is 40.5 Å². The van der Waals surface area contributed by atoms with Gasteiger partial charge in [0.2, 0.25) is 11.1 Å². The SMILES string of the molecule is CC1(C)C=C(C(=O)ON2C(=O)CCC2=O)C(C)(C)[N+]1=O. The van der Waals surface area contributed by atoms with Crippen molar-refractivity contribution in [2.75, 3.05) is 0 Å². The van der Waals surface area contributed by atoms with Crippen LogP contribution in [-0.2, 0) is 19.2 Å². The summed E-state index contributed by atoms with van der Waals surface area (Å²) in [6, 6.07) is 0. The first kappa shape index (κ1) is 14.4. The molecule has 0 aromatic carbocycles. The van der Waals surface area contributed by atoms with E-state index < -0.39 is 28.9 Å². The molecule has 0 aromatic rings. The molecule has 0 radical (unpaired) electrons. The Morgan fingerprint density at radius 1 is 1.20 bits per heavy atom. The van der Waals surface area contributed by atoms with Crippen molar-refractivity contribution in [2.45, 2.75) is 51.6 Å². The van der Waals surface area contributed by atoms with Crippen LogP contribution in [0, 0.1) is 4.91 Å². The lowest BCUT2D eigenvalue weighted by Crippen LogP contribution is -2.43. The van der Waals surface area contributed by atoms with Crippen LogP contribution in [-0.4, -0.2) is 38.7 Å². The van der Waals surface area contributed by atoms with Crippen LogP contribution >= 0.6 is 0 Å². The molecule has 1 fully saturated rings. The molecule has 108 valence electrons. The standard InChI is InChI=1S/C13H17N2O5/c1-12(2)7-8(13(3,4)15(12)19)11(18)20-14-9(16)5-6-10(14)17/h7H,5-6H2,1-4H3/q+1. The molecule has 2 aliphatic heterocycles. The lowest BCUT2D eigenvalue weighted by Gasteiger charge is -2.17. The van der Waals surface area contributed by atoms with Gasteiger partial charge in [-0.15, -0.1) is 5.06 Å². The highest BCUT2D eigenvalue weighted by atomic mass is 16.7. The van der Waals surface area contributed by atoms with Crippen LogP contribution in [0.5, 0.6) is 0 Å². The fourth-order valence-electron chi connectivity index (χ4n) is 2.52. The first-order valence-electron chi connectivity index (χ1n) is 6.36. The van der Waals surface area contributed by atoms with E-state index in [9.17, 15) is 19.3 Å². The zero-order valence-corrected chi connectivity index (χ0v) is 11.9. The number of hydroxylamine groups is 2.